The number of rotatable bonds is 6. The van der Waals surface area contributed by atoms with Crippen LogP contribution < -0.4 is 10.6 Å². The third kappa shape index (κ3) is 4.85. The fourth-order valence-electron chi connectivity index (χ4n) is 1.43. The minimum Gasteiger partial charge on any atom is -0.338 e. The molecule has 0 aliphatic heterocycles. The zero-order chi connectivity index (χ0) is 15.9. The molecular formula is C13H15N5O3S. The zero-order valence-electron chi connectivity index (χ0n) is 12.1. The summed E-state index contributed by atoms with van der Waals surface area (Å²) in [5.74, 6) is 0.502. The van der Waals surface area contributed by atoms with Gasteiger partial charge in [0.2, 0.25) is 17.7 Å². The van der Waals surface area contributed by atoms with E-state index in [-0.39, 0.29) is 17.6 Å². The van der Waals surface area contributed by atoms with Gasteiger partial charge >= 0.3 is 0 Å². The molecular weight excluding hydrogens is 306 g/mol. The van der Waals surface area contributed by atoms with Gasteiger partial charge in [0.1, 0.15) is 5.03 Å². The molecule has 2 rings (SSSR count). The van der Waals surface area contributed by atoms with Crippen LogP contribution >= 0.6 is 11.8 Å². The SMILES string of the molecule is CCC(=O)Nc1ccc(SCC(=O)Nc2cc(C)no2)nn1. The molecule has 0 aliphatic rings. The van der Waals surface area contributed by atoms with Crippen LogP contribution in [0, 0.1) is 6.92 Å². The van der Waals surface area contributed by atoms with E-state index in [4.69, 9.17) is 4.52 Å². The quantitative estimate of drug-likeness (QED) is 0.781. The summed E-state index contributed by atoms with van der Waals surface area (Å²) in [5, 5.41) is 17.2. The Morgan fingerprint density at radius 1 is 1.23 bits per heavy atom. The van der Waals surface area contributed by atoms with Gasteiger partial charge in [-0.05, 0) is 19.1 Å². The molecule has 0 saturated carbocycles. The first-order valence-electron chi connectivity index (χ1n) is 6.56. The number of hydrogen-bond acceptors (Lipinski definition) is 7. The van der Waals surface area contributed by atoms with Gasteiger partial charge in [0.15, 0.2) is 5.82 Å². The number of amides is 2. The third-order valence-corrected chi connectivity index (χ3v) is 3.39. The highest BCUT2D eigenvalue weighted by molar-refractivity contribution is 7.99. The molecule has 9 heteroatoms. The highest BCUT2D eigenvalue weighted by Crippen LogP contribution is 2.16. The minimum atomic E-state index is -0.230. The Bertz CT molecular complexity index is 656. The maximum absolute atomic E-state index is 11.7. The molecule has 0 fully saturated rings. The van der Waals surface area contributed by atoms with E-state index in [2.05, 4.69) is 26.0 Å². The summed E-state index contributed by atoms with van der Waals surface area (Å²) in [6, 6.07) is 4.96. The fourth-order valence-corrected chi connectivity index (χ4v) is 2.04. The highest BCUT2D eigenvalue weighted by atomic mass is 32.2. The molecule has 2 amide bonds. The van der Waals surface area contributed by atoms with Crippen molar-refractivity contribution >= 4 is 35.3 Å². The van der Waals surface area contributed by atoms with E-state index in [0.29, 0.717) is 28.8 Å². The second-order valence-electron chi connectivity index (χ2n) is 4.33. The number of carbonyl (C=O) groups is 2. The van der Waals surface area contributed by atoms with Crippen LogP contribution in [-0.2, 0) is 9.59 Å². The Morgan fingerprint density at radius 3 is 2.64 bits per heavy atom. The van der Waals surface area contributed by atoms with Gasteiger partial charge in [-0.3, -0.25) is 14.9 Å². The summed E-state index contributed by atoms with van der Waals surface area (Å²) >= 11 is 1.23. The summed E-state index contributed by atoms with van der Waals surface area (Å²) in [7, 11) is 0. The average Bonchev–Trinajstić information content (AvgIpc) is 2.91. The number of carbonyl (C=O) groups excluding carboxylic acids is 2. The largest absolute Gasteiger partial charge is 0.338 e. The van der Waals surface area contributed by atoms with Crippen LogP contribution in [0.3, 0.4) is 0 Å². The van der Waals surface area contributed by atoms with Gasteiger partial charge in [-0.15, -0.1) is 10.2 Å². The molecule has 0 unspecified atom stereocenters. The molecule has 0 radical (unpaired) electrons. The normalized spacial score (nSPS) is 10.3. The van der Waals surface area contributed by atoms with Crippen molar-refractivity contribution in [3.05, 3.63) is 23.9 Å². The van der Waals surface area contributed by atoms with Gasteiger partial charge in [-0.25, -0.2) is 0 Å². The van der Waals surface area contributed by atoms with Crippen molar-refractivity contribution in [2.24, 2.45) is 0 Å². The smallest absolute Gasteiger partial charge is 0.237 e. The van der Waals surface area contributed by atoms with Crippen LogP contribution in [-0.4, -0.2) is 32.9 Å². The molecule has 2 aromatic rings. The Balaban J connectivity index is 1.81. The maximum Gasteiger partial charge on any atom is 0.237 e. The van der Waals surface area contributed by atoms with Crippen molar-refractivity contribution < 1.29 is 14.1 Å². The lowest BCUT2D eigenvalue weighted by atomic mass is 10.4. The molecule has 116 valence electrons. The van der Waals surface area contributed by atoms with Gasteiger partial charge in [0.25, 0.3) is 0 Å². The van der Waals surface area contributed by atoms with Crippen LogP contribution in [0.1, 0.15) is 19.0 Å². The summed E-state index contributed by atoms with van der Waals surface area (Å²) in [6.45, 7) is 3.52. The van der Waals surface area contributed by atoms with E-state index in [1.165, 1.54) is 11.8 Å². The molecule has 2 N–H and O–H groups in total. The molecule has 8 nitrogen and oxygen atoms in total. The molecule has 0 atom stereocenters. The van der Waals surface area contributed by atoms with E-state index >= 15 is 0 Å². The predicted octanol–water partition coefficient (Wildman–Crippen LogP) is 1.85. The molecule has 2 heterocycles. The van der Waals surface area contributed by atoms with E-state index in [1.807, 2.05) is 0 Å². The van der Waals surface area contributed by atoms with Crippen molar-refractivity contribution in [2.75, 3.05) is 16.4 Å². The van der Waals surface area contributed by atoms with E-state index in [9.17, 15) is 9.59 Å². The zero-order valence-corrected chi connectivity index (χ0v) is 12.9. The molecule has 22 heavy (non-hydrogen) atoms. The number of nitrogens with one attached hydrogen (secondary N) is 2. The monoisotopic (exact) mass is 321 g/mol. The summed E-state index contributed by atoms with van der Waals surface area (Å²) in [6.07, 6.45) is 0.374. The van der Waals surface area contributed by atoms with Crippen LogP contribution in [0.15, 0.2) is 27.7 Å². The van der Waals surface area contributed by atoms with E-state index in [1.54, 1.807) is 32.0 Å². The molecule has 0 aromatic carbocycles. The Kier molecular flexibility index (Phi) is 5.48. The molecule has 0 saturated heterocycles. The van der Waals surface area contributed by atoms with E-state index < -0.39 is 0 Å². The predicted molar refractivity (Wildman–Crippen MR) is 81.5 cm³/mol. The number of hydrogen-bond donors (Lipinski definition) is 2. The van der Waals surface area contributed by atoms with Crippen molar-refractivity contribution in [3.63, 3.8) is 0 Å². The Hall–Kier alpha value is -2.42. The Labute approximate surface area is 131 Å². The lowest BCUT2D eigenvalue weighted by Crippen LogP contribution is -2.14. The van der Waals surface area contributed by atoms with Crippen molar-refractivity contribution in [1.29, 1.82) is 0 Å². The average molecular weight is 321 g/mol. The second kappa shape index (κ2) is 7.55. The van der Waals surface area contributed by atoms with Gasteiger partial charge < -0.3 is 9.84 Å². The maximum atomic E-state index is 11.7. The van der Waals surface area contributed by atoms with Gasteiger partial charge in [-0.2, -0.15) is 0 Å². The number of aryl methyl sites for hydroxylation is 1. The summed E-state index contributed by atoms with van der Waals surface area (Å²) < 4.78 is 4.89. The van der Waals surface area contributed by atoms with Crippen molar-refractivity contribution in [2.45, 2.75) is 25.3 Å². The van der Waals surface area contributed by atoms with Gasteiger partial charge in [-0.1, -0.05) is 23.8 Å². The number of thioether (sulfide) groups is 1. The molecule has 0 aliphatic carbocycles. The first-order chi connectivity index (χ1) is 10.6. The molecule has 2 aromatic heterocycles. The fraction of sp³-hybridized carbons (Fsp3) is 0.308. The molecule has 0 bridgehead atoms. The lowest BCUT2D eigenvalue weighted by molar-refractivity contribution is -0.116. The lowest BCUT2D eigenvalue weighted by Gasteiger charge is -2.03. The first-order valence-corrected chi connectivity index (χ1v) is 7.55. The second-order valence-corrected chi connectivity index (χ2v) is 5.32. The molecule has 0 spiro atoms. The topological polar surface area (TPSA) is 110 Å². The van der Waals surface area contributed by atoms with Crippen LogP contribution in [0.4, 0.5) is 11.7 Å². The van der Waals surface area contributed by atoms with Crippen LogP contribution in [0.25, 0.3) is 0 Å². The van der Waals surface area contributed by atoms with Crippen LogP contribution in [0.2, 0.25) is 0 Å². The number of aromatic nitrogens is 3. The number of anilines is 2. The van der Waals surface area contributed by atoms with Crippen LogP contribution in [0.5, 0.6) is 0 Å². The highest BCUT2D eigenvalue weighted by Gasteiger charge is 2.08. The standard InChI is InChI=1S/C13H15N5O3S/c1-3-10(19)14-9-4-5-13(17-16-9)22-7-11(20)15-12-6-8(2)18-21-12/h4-6H,3,7H2,1-2H3,(H,15,20)(H,14,16,19). The summed E-state index contributed by atoms with van der Waals surface area (Å²) in [4.78, 5) is 22.9. The third-order valence-electron chi connectivity index (χ3n) is 2.47. The Morgan fingerprint density at radius 2 is 2.05 bits per heavy atom. The summed E-state index contributed by atoms with van der Waals surface area (Å²) in [5.41, 5.74) is 0.693. The minimum absolute atomic E-state index is 0.128. The van der Waals surface area contributed by atoms with Gasteiger partial charge in [0, 0.05) is 12.5 Å². The van der Waals surface area contributed by atoms with Crippen molar-refractivity contribution in [1.82, 2.24) is 15.4 Å². The number of nitrogens with zero attached hydrogens (tertiary/aromatic N) is 3. The first kappa shape index (κ1) is 16.0. The van der Waals surface area contributed by atoms with Gasteiger partial charge in [0.05, 0.1) is 11.4 Å². The van der Waals surface area contributed by atoms with Crippen molar-refractivity contribution in [3.8, 4) is 0 Å². The van der Waals surface area contributed by atoms with E-state index in [0.717, 1.165) is 0 Å².